The first kappa shape index (κ1) is 23.3. The number of piperidine rings is 1. The normalized spacial score (nSPS) is 27.6. The molecule has 3 fully saturated rings. The van der Waals surface area contributed by atoms with Crippen LogP contribution < -0.4 is 10.6 Å². The Hall–Kier alpha value is -2.38. The van der Waals surface area contributed by atoms with Crippen molar-refractivity contribution in [3.63, 3.8) is 0 Å². The Bertz CT molecular complexity index is 748. The summed E-state index contributed by atoms with van der Waals surface area (Å²) in [7, 11) is 3.22. The van der Waals surface area contributed by atoms with Crippen molar-refractivity contribution in [2.24, 2.45) is 4.99 Å². The Morgan fingerprint density at radius 3 is 2.32 bits per heavy atom. The van der Waals surface area contributed by atoms with Crippen LogP contribution in [0.3, 0.4) is 0 Å². The number of likely N-dealkylation sites (N-methyl/N-ethyl adjacent to an activating group) is 1. The summed E-state index contributed by atoms with van der Waals surface area (Å²) in [6.07, 6.45) is 11.3. The molecule has 1 aliphatic carbocycles. The molecule has 3 aliphatic rings. The van der Waals surface area contributed by atoms with Crippen LogP contribution in [0.1, 0.15) is 64.7 Å². The van der Waals surface area contributed by atoms with Gasteiger partial charge in [0.1, 0.15) is 16.9 Å². The van der Waals surface area contributed by atoms with E-state index in [1.165, 1.54) is 23.8 Å². The number of likely N-dealkylation sites (tertiary alicyclic amines) is 1. The molecule has 1 unspecified atom stereocenters. The van der Waals surface area contributed by atoms with Gasteiger partial charge in [-0.05, 0) is 45.1 Å². The molecule has 1 atom stereocenters. The van der Waals surface area contributed by atoms with E-state index in [9.17, 15) is 14.4 Å². The number of piperazine rings is 1. The summed E-state index contributed by atoms with van der Waals surface area (Å²) < 4.78 is 0. The van der Waals surface area contributed by atoms with Crippen LogP contribution in [-0.4, -0.2) is 78.5 Å². The minimum atomic E-state index is -0.985. The Morgan fingerprint density at radius 1 is 1.10 bits per heavy atom. The van der Waals surface area contributed by atoms with Crippen LogP contribution in [-0.2, 0) is 14.4 Å². The van der Waals surface area contributed by atoms with Crippen molar-refractivity contribution in [2.75, 3.05) is 33.7 Å². The minimum Gasteiger partial charge on any atom is -0.378 e. The summed E-state index contributed by atoms with van der Waals surface area (Å²) in [6, 6.07) is 0.174. The molecule has 2 saturated heterocycles. The number of nitrogens with one attached hydrogen (secondary N) is 2. The Kier molecular flexibility index (Phi) is 7.73. The molecule has 2 heterocycles. The second-order valence-electron chi connectivity index (χ2n) is 9.17. The number of hydrogen-bond acceptors (Lipinski definition) is 5. The van der Waals surface area contributed by atoms with Crippen LogP contribution in [0.15, 0.2) is 16.8 Å². The second-order valence-corrected chi connectivity index (χ2v) is 9.17. The number of amides is 3. The largest absolute Gasteiger partial charge is 0.378 e. The van der Waals surface area contributed by atoms with E-state index in [-0.39, 0.29) is 36.0 Å². The predicted molar refractivity (Wildman–Crippen MR) is 121 cm³/mol. The maximum Gasteiger partial charge on any atom is 0.272 e. The lowest BCUT2D eigenvalue weighted by molar-refractivity contribution is -0.145. The number of rotatable bonds is 4. The van der Waals surface area contributed by atoms with Gasteiger partial charge in [-0.25, -0.2) is 0 Å². The molecule has 172 valence electrons. The molecule has 0 aromatic carbocycles. The smallest absolute Gasteiger partial charge is 0.272 e. The van der Waals surface area contributed by atoms with E-state index in [4.69, 9.17) is 0 Å². The van der Waals surface area contributed by atoms with E-state index in [1.54, 1.807) is 25.9 Å². The fraction of sp³-hybridized carbons (Fsp3) is 0.739. The monoisotopic (exact) mass is 431 g/mol. The predicted octanol–water partition coefficient (Wildman–Crippen LogP) is 1.61. The molecule has 1 saturated carbocycles. The number of carbonyl (C=O) groups is 3. The van der Waals surface area contributed by atoms with Gasteiger partial charge in [-0.1, -0.05) is 25.7 Å². The first-order valence-corrected chi connectivity index (χ1v) is 11.7. The van der Waals surface area contributed by atoms with Crippen LogP contribution in [0.25, 0.3) is 0 Å². The first-order chi connectivity index (χ1) is 14.9. The van der Waals surface area contributed by atoms with Gasteiger partial charge in [-0.15, -0.1) is 0 Å². The highest BCUT2D eigenvalue weighted by atomic mass is 16.2. The number of nitrogens with zero attached hydrogens (tertiary/aromatic N) is 3. The van der Waals surface area contributed by atoms with Gasteiger partial charge in [0.25, 0.3) is 11.8 Å². The standard InChI is InChI=1S/C23H37N5O3/c1-23(22(31)26-17-11-7-4-5-8-12-17)16-25-19(20(29)27(23)3)15-18(24-2)21(30)28-13-9-6-10-14-28/h15,17,25H,4-14,16H2,1-3H3,(H,26,31)/b19-15-,24-18?. The maximum absolute atomic E-state index is 13.1. The van der Waals surface area contributed by atoms with E-state index in [0.717, 1.165) is 58.0 Å². The van der Waals surface area contributed by atoms with Crippen molar-refractivity contribution in [1.82, 2.24) is 20.4 Å². The van der Waals surface area contributed by atoms with E-state index in [0.29, 0.717) is 5.70 Å². The lowest BCUT2D eigenvalue weighted by Crippen LogP contribution is -2.67. The van der Waals surface area contributed by atoms with Gasteiger partial charge in [-0.2, -0.15) is 0 Å². The van der Waals surface area contributed by atoms with Gasteiger partial charge in [0.05, 0.1) is 0 Å². The second kappa shape index (κ2) is 10.3. The average molecular weight is 432 g/mol. The minimum absolute atomic E-state index is 0.129. The summed E-state index contributed by atoms with van der Waals surface area (Å²) in [5.41, 5.74) is -0.424. The molecular formula is C23H37N5O3. The first-order valence-electron chi connectivity index (χ1n) is 11.7. The molecule has 8 heteroatoms. The molecule has 3 rings (SSSR count). The molecule has 0 radical (unpaired) electrons. The van der Waals surface area contributed by atoms with Crippen LogP contribution in [0, 0.1) is 0 Å². The molecule has 2 N–H and O–H groups in total. The highest BCUT2D eigenvalue weighted by Crippen LogP contribution is 2.23. The van der Waals surface area contributed by atoms with Gasteiger partial charge in [-0.3, -0.25) is 19.4 Å². The molecular weight excluding hydrogens is 394 g/mol. The average Bonchev–Trinajstić information content (AvgIpc) is 3.06. The Balaban J connectivity index is 1.68. The van der Waals surface area contributed by atoms with Gasteiger partial charge in [0.15, 0.2) is 0 Å². The molecule has 0 bridgehead atoms. The van der Waals surface area contributed by atoms with Crippen molar-refractivity contribution in [2.45, 2.75) is 76.3 Å². The summed E-state index contributed by atoms with van der Waals surface area (Å²) in [5.74, 6) is -0.584. The quantitative estimate of drug-likeness (QED) is 0.402. The number of carbonyl (C=O) groups excluding carboxylic acids is 3. The molecule has 0 spiro atoms. The third-order valence-electron chi connectivity index (χ3n) is 6.96. The van der Waals surface area contributed by atoms with E-state index in [1.807, 2.05) is 0 Å². The number of hydrogen-bond donors (Lipinski definition) is 2. The van der Waals surface area contributed by atoms with Crippen molar-refractivity contribution < 1.29 is 14.4 Å². The molecule has 2 aliphatic heterocycles. The van der Waals surface area contributed by atoms with Crippen LogP contribution >= 0.6 is 0 Å². The zero-order valence-electron chi connectivity index (χ0n) is 19.2. The number of aliphatic imine (C=N–C) groups is 1. The van der Waals surface area contributed by atoms with E-state index >= 15 is 0 Å². The summed E-state index contributed by atoms with van der Waals surface area (Å²) >= 11 is 0. The third kappa shape index (κ3) is 5.28. The van der Waals surface area contributed by atoms with Crippen LogP contribution in [0.4, 0.5) is 0 Å². The van der Waals surface area contributed by atoms with Crippen molar-refractivity contribution in [1.29, 1.82) is 0 Å². The van der Waals surface area contributed by atoms with Crippen molar-refractivity contribution in [3.8, 4) is 0 Å². The summed E-state index contributed by atoms with van der Waals surface area (Å²) in [6.45, 7) is 3.52. The lowest BCUT2D eigenvalue weighted by Gasteiger charge is -2.43. The lowest BCUT2D eigenvalue weighted by atomic mass is 9.94. The van der Waals surface area contributed by atoms with Gasteiger partial charge < -0.3 is 20.4 Å². The zero-order chi connectivity index (χ0) is 22.4. The van der Waals surface area contributed by atoms with Gasteiger partial charge in [0.2, 0.25) is 5.91 Å². The van der Waals surface area contributed by atoms with Gasteiger partial charge >= 0.3 is 0 Å². The fourth-order valence-electron chi connectivity index (χ4n) is 4.59. The van der Waals surface area contributed by atoms with Crippen molar-refractivity contribution >= 4 is 23.4 Å². The van der Waals surface area contributed by atoms with Gasteiger partial charge in [0, 0.05) is 39.8 Å². The Morgan fingerprint density at radius 2 is 1.71 bits per heavy atom. The fourth-order valence-corrected chi connectivity index (χ4v) is 4.59. The van der Waals surface area contributed by atoms with Crippen LogP contribution in [0.5, 0.6) is 0 Å². The molecule has 31 heavy (non-hydrogen) atoms. The topological polar surface area (TPSA) is 94.1 Å². The molecule has 0 aromatic heterocycles. The SMILES string of the molecule is CN=C(/C=C1\NCC(C)(C(=O)NC2CCCCCC2)N(C)C1=O)C(=O)N1CCCCC1. The zero-order valence-corrected chi connectivity index (χ0v) is 19.2. The maximum atomic E-state index is 13.1. The van der Waals surface area contributed by atoms with E-state index in [2.05, 4.69) is 15.6 Å². The van der Waals surface area contributed by atoms with Crippen LogP contribution in [0.2, 0.25) is 0 Å². The molecule has 3 amide bonds. The Labute approximate surface area is 185 Å². The molecule has 0 aromatic rings. The third-order valence-corrected chi connectivity index (χ3v) is 6.96. The summed E-state index contributed by atoms with van der Waals surface area (Å²) in [5, 5.41) is 6.27. The van der Waals surface area contributed by atoms with E-state index < -0.39 is 5.54 Å². The molecule has 8 nitrogen and oxygen atoms in total. The highest BCUT2D eigenvalue weighted by molar-refractivity contribution is 6.44. The van der Waals surface area contributed by atoms with Crippen molar-refractivity contribution in [3.05, 3.63) is 11.8 Å². The highest BCUT2D eigenvalue weighted by Gasteiger charge is 2.45. The summed E-state index contributed by atoms with van der Waals surface area (Å²) in [4.78, 5) is 46.4.